The molecule has 2 aliphatic rings. The lowest BCUT2D eigenvalue weighted by atomic mass is 9.97. The zero-order valence-corrected chi connectivity index (χ0v) is 17.1. The van der Waals surface area contributed by atoms with Crippen molar-refractivity contribution in [2.75, 3.05) is 19.6 Å². The molecule has 2 aromatic heterocycles. The van der Waals surface area contributed by atoms with Gasteiger partial charge < -0.3 is 14.6 Å². The number of primary amides is 1. The van der Waals surface area contributed by atoms with E-state index in [0.29, 0.717) is 30.2 Å². The van der Waals surface area contributed by atoms with Gasteiger partial charge in [-0.15, -0.1) is 0 Å². The zero-order chi connectivity index (χ0) is 21.4. The van der Waals surface area contributed by atoms with Crippen LogP contribution in [0.5, 0.6) is 0 Å². The molecule has 2 atom stereocenters. The van der Waals surface area contributed by atoms with Crippen molar-refractivity contribution in [1.82, 2.24) is 9.91 Å². The van der Waals surface area contributed by atoms with Gasteiger partial charge in [-0.05, 0) is 43.7 Å². The van der Waals surface area contributed by atoms with Gasteiger partial charge in [0.15, 0.2) is 5.76 Å². The van der Waals surface area contributed by atoms with Gasteiger partial charge in [-0.25, -0.2) is 5.01 Å². The van der Waals surface area contributed by atoms with Gasteiger partial charge in [0.05, 0.1) is 18.7 Å². The summed E-state index contributed by atoms with van der Waals surface area (Å²) in [6, 6.07) is 13.0. The molecule has 160 valence electrons. The van der Waals surface area contributed by atoms with E-state index in [-0.39, 0.29) is 30.3 Å². The van der Waals surface area contributed by atoms with Crippen LogP contribution < -0.4 is 5.73 Å². The number of para-hydroxylation sites is 1. The van der Waals surface area contributed by atoms with Crippen molar-refractivity contribution in [1.29, 1.82) is 0 Å². The van der Waals surface area contributed by atoms with Gasteiger partial charge in [0.1, 0.15) is 23.1 Å². The van der Waals surface area contributed by atoms with E-state index in [9.17, 15) is 9.59 Å². The summed E-state index contributed by atoms with van der Waals surface area (Å²) in [7, 11) is 0. The van der Waals surface area contributed by atoms with Crippen molar-refractivity contribution >= 4 is 28.5 Å². The van der Waals surface area contributed by atoms with Crippen LogP contribution in [-0.2, 0) is 9.59 Å². The van der Waals surface area contributed by atoms with Crippen LogP contribution in [0.3, 0.4) is 0 Å². The molecule has 4 heterocycles. The lowest BCUT2D eigenvalue weighted by Crippen LogP contribution is -2.45. The summed E-state index contributed by atoms with van der Waals surface area (Å²) in [4.78, 5) is 26.8. The van der Waals surface area contributed by atoms with Gasteiger partial charge in [-0.2, -0.15) is 5.10 Å². The van der Waals surface area contributed by atoms with E-state index >= 15 is 0 Å². The fourth-order valence-electron chi connectivity index (χ4n) is 4.41. The lowest BCUT2D eigenvalue weighted by Gasteiger charge is -2.31. The Morgan fingerprint density at radius 1 is 1.19 bits per heavy atom. The summed E-state index contributed by atoms with van der Waals surface area (Å²) < 4.78 is 11.6. The number of nitrogens with zero attached hydrogens (tertiary/aromatic N) is 3. The number of furan rings is 2. The molecule has 2 amide bonds. The molecule has 0 aliphatic carbocycles. The van der Waals surface area contributed by atoms with Crippen molar-refractivity contribution in [3.8, 4) is 0 Å². The molecule has 0 spiro atoms. The van der Waals surface area contributed by atoms with Crippen molar-refractivity contribution < 1.29 is 18.4 Å². The quantitative estimate of drug-likeness (QED) is 0.683. The molecule has 3 aromatic rings. The normalized spacial score (nSPS) is 22.1. The number of benzene rings is 1. The molecule has 0 bridgehead atoms. The average Bonchev–Trinajstić information content (AvgIpc) is 3.52. The minimum atomic E-state index is -0.331. The number of hydrogen-bond acceptors (Lipinski definition) is 6. The Hall–Kier alpha value is -3.39. The van der Waals surface area contributed by atoms with E-state index in [0.717, 1.165) is 30.4 Å². The number of amides is 2. The first-order valence-corrected chi connectivity index (χ1v) is 10.5. The second-order valence-electron chi connectivity index (χ2n) is 8.15. The summed E-state index contributed by atoms with van der Waals surface area (Å²) in [5.74, 6) is 0.668. The predicted molar refractivity (Wildman–Crippen MR) is 114 cm³/mol. The second kappa shape index (κ2) is 8.03. The number of likely N-dealkylation sites (tertiary alicyclic amines) is 1. The Balaban J connectivity index is 1.39. The van der Waals surface area contributed by atoms with Crippen LogP contribution >= 0.6 is 0 Å². The largest absolute Gasteiger partial charge is 0.467 e. The smallest absolute Gasteiger partial charge is 0.257 e. The molecule has 0 radical (unpaired) electrons. The zero-order valence-electron chi connectivity index (χ0n) is 17.1. The Morgan fingerprint density at radius 2 is 2.06 bits per heavy atom. The summed E-state index contributed by atoms with van der Waals surface area (Å²) in [6.07, 6.45) is 3.71. The maximum atomic E-state index is 13.2. The molecular formula is C23H24N4O4. The third kappa shape index (κ3) is 3.86. The van der Waals surface area contributed by atoms with Crippen LogP contribution in [0.1, 0.15) is 36.8 Å². The molecule has 1 fully saturated rings. The van der Waals surface area contributed by atoms with E-state index in [1.54, 1.807) is 12.3 Å². The third-order valence-electron chi connectivity index (χ3n) is 6.01. The highest BCUT2D eigenvalue weighted by atomic mass is 16.3. The van der Waals surface area contributed by atoms with Crippen LogP contribution in [-0.4, -0.2) is 47.1 Å². The maximum Gasteiger partial charge on any atom is 0.257 e. The van der Waals surface area contributed by atoms with E-state index in [2.05, 4.69) is 5.10 Å². The van der Waals surface area contributed by atoms with Gasteiger partial charge in [0.2, 0.25) is 5.91 Å². The van der Waals surface area contributed by atoms with Crippen molar-refractivity contribution in [2.24, 2.45) is 16.8 Å². The summed E-state index contributed by atoms with van der Waals surface area (Å²) in [5, 5.41) is 7.13. The maximum absolute atomic E-state index is 13.2. The number of nitrogens with two attached hydrogens (primary N) is 1. The van der Waals surface area contributed by atoms with Gasteiger partial charge in [-0.3, -0.25) is 14.5 Å². The number of carbonyl (C=O) groups is 2. The number of piperidine rings is 1. The summed E-state index contributed by atoms with van der Waals surface area (Å²) >= 11 is 0. The Bertz CT molecular complexity index is 1100. The summed E-state index contributed by atoms with van der Waals surface area (Å²) in [6.45, 7) is 1.44. The molecule has 8 nitrogen and oxygen atoms in total. The lowest BCUT2D eigenvalue weighted by molar-refractivity contribution is -0.136. The minimum Gasteiger partial charge on any atom is -0.467 e. The average molecular weight is 420 g/mol. The van der Waals surface area contributed by atoms with E-state index in [1.807, 2.05) is 41.3 Å². The van der Waals surface area contributed by atoms with Crippen LogP contribution in [0, 0.1) is 5.92 Å². The van der Waals surface area contributed by atoms with Gasteiger partial charge in [0.25, 0.3) is 5.91 Å². The van der Waals surface area contributed by atoms with E-state index < -0.39 is 0 Å². The Labute approximate surface area is 179 Å². The van der Waals surface area contributed by atoms with Crippen LogP contribution in [0.25, 0.3) is 11.0 Å². The van der Waals surface area contributed by atoms with E-state index in [4.69, 9.17) is 14.6 Å². The minimum absolute atomic E-state index is 0.141. The highest BCUT2D eigenvalue weighted by molar-refractivity contribution is 6.03. The third-order valence-corrected chi connectivity index (χ3v) is 6.01. The number of rotatable bonds is 5. The monoisotopic (exact) mass is 420 g/mol. The molecule has 0 saturated carbocycles. The van der Waals surface area contributed by atoms with Crippen LogP contribution in [0.15, 0.2) is 62.7 Å². The van der Waals surface area contributed by atoms with Gasteiger partial charge in [0, 0.05) is 18.4 Å². The topological polar surface area (TPSA) is 105 Å². The molecule has 0 unspecified atom stereocenters. The van der Waals surface area contributed by atoms with E-state index in [1.165, 1.54) is 5.01 Å². The molecule has 2 N–H and O–H groups in total. The number of hydrazone groups is 1. The molecule has 8 heteroatoms. The molecule has 1 aromatic carbocycles. The molecule has 5 rings (SSSR count). The van der Waals surface area contributed by atoms with Gasteiger partial charge >= 0.3 is 0 Å². The summed E-state index contributed by atoms with van der Waals surface area (Å²) in [5.41, 5.74) is 6.97. The Morgan fingerprint density at radius 3 is 2.84 bits per heavy atom. The first-order chi connectivity index (χ1) is 15.1. The molecular weight excluding hydrogens is 396 g/mol. The van der Waals surface area contributed by atoms with Crippen LogP contribution in [0.4, 0.5) is 0 Å². The number of fused-ring (bicyclic) bond motifs is 1. The molecule has 2 aliphatic heterocycles. The first-order valence-electron chi connectivity index (χ1n) is 10.5. The fourth-order valence-corrected chi connectivity index (χ4v) is 4.41. The fraction of sp³-hybridized carbons (Fsp3) is 0.348. The van der Waals surface area contributed by atoms with Crippen LogP contribution in [0.2, 0.25) is 0 Å². The Kier molecular flexibility index (Phi) is 5.07. The standard InChI is InChI=1S/C23H24N4O4/c24-23(29)16-6-3-9-26(13-16)14-22(28)27-18(20-8-4-10-30-20)12-17(25-27)21-11-15-5-1-2-7-19(15)31-21/h1-2,4-5,7-8,10-11,16,18H,3,6,9,12-14H2,(H2,24,29)/t16-,18-/m1/s1. The predicted octanol–water partition coefficient (Wildman–Crippen LogP) is 2.90. The number of hydrogen-bond donors (Lipinski definition) is 1. The van der Waals surface area contributed by atoms with Crippen molar-refractivity contribution in [3.63, 3.8) is 0 Å². The first kappa shape index (κ1) is 19.6. The SMILES string of the molecule is NC(=O)[C@@H]1CCCN(CC(=O)N2N=C(c3cc4ccccc4o3)C[C@@H]2c2ccco2)C1. The molecule has 1 saturated heterocycles. The van der Waals surface area contributed by atoms with Crippen molar-refractivity contribution in [3.05, 3.63) is 60.2 Å². The highest BCUT2D eigenvalue weighted by Gasteiger charge is 2.37. The second-order valence-corrected chi connectivity index (χ2v) is 8.15. The number of carbonyl (C=O) groups excluding carboxylic acids is 2. The van der Waals surface area contributed by atoms with Gasteiger partial charge in [-0.1, -0.05) is 18.2 Å². The molecule has 31 heavy (non-hydrogen) atoms. The van der Waals surface area contributed by atoms with Crippen molar-refractivity contribution in [2.45, 2.75) is 25.3 Å². The highest BCUT2D eigenvalue weighted by Crippen LogP contribution is 2.34.